The molecule has 0 aromatic heterocycles. The lowest BCUT2D eigenvalue weighted by Gasteiger charge is -1.86. The fourth-order valence-electron chi connectivity index (χ4n) is 0.164. The molecule has 0 fully saturated rings. The van der Waals surface area contributed by atoms with Crippen LogP contribution in [0.4, 0.5) is 0 Å². The Hall–Kier alpha value is -0.460. The maximum absolute atomic E-state index is 4.69. The highest BCUT2D eigenvalue weighted by molar-refractivity contribution is 4.64. The predicted molar refractivity (Wildman–Crippen MR) is 26.1 cm³/mol. The van der Waals surface area contributed by atoms with Crippen molar-refractivity contribution < 1.29 is 4.74 Å². The van der Waals surface area contributed by atoms with Gasteiger partial charge in [-0.3, -0.25) is 0 Å². The average molecular weight is 85.1 g/mol. The van der Waals surface area contributed by atoms with E-state index in [9.17, 15) is 0 Å². The SMILES string of the molecule is [CH2]COC=CC. The first-order valence-corrected chi connectivity index (χ1v) is 1.94. The topological polar surface area (TPSA) is 9.23 Å². The van der Waals surface area contributed by atoms with Crippen LogP contribution in [0.25, 0.3) is 0 Å². The smallest absolute Gasteiger partial charge is 0.0874 e. The second-order valence-corrected chi connectivity index (χ2v) is 0.840. The monoisotopic (exact) mass is 85.1 g/mol. The molecule has 0 atom stereocenters. The van der Waals surface area contributed by atoms with Gasteiger partial charge in [0.15, 0.2) is 0 Å². The zero-order valence-electron chi connectivity index (χ0n) is 3.98. The van der Waals surface area contributed by atoms with Crippen molar-refractivity contribution in [2.45, 2.75) is 6.92 Å². The van der Waals surface area contributed by atoms with Gasteiger partial charge in [0.1, 0.15) is 0 Å². The van der Waals surface area contributed by atoms with Gasteiger partial charge in [0.05, 0.1) is 12.9 Å². The van der Waals surface area contributed by atoms with E-state index in [1.54, 1.807) is 6.26 Å². The maximum Gasteiger partial charge on any atom is 0.0874 e. The fourth-order valence-corrected chi connectivity index (χ4v) is 0.164. The molecule has 0 saturated carbocycles. The van der Waals surface area contributed by atoms with Crippen LogP contribution in [0.2, 0.25) is 0 Å². The molecule has 0 unspecified atom stereocenters. The Kier molecular flexibility index (Phi) is 4.19. The van der Waals surface area contributed by atoms with E-state index in [0.29, 0.717) is 6.61 Å². The van der Waals surface area contributed by atoms with Crippen LogP contribution in [-0.4, -0.2) is 6.61 Å². The minimum absolute atomic E-state index is 0.518. The Morgan fingerprint density at radius 1 is 1.83 bits per heavy atom. The normalized spacial score (nSPS) is 9.67. The van der Waals surface area contributed by atoms with Crippen molar-refractivity contribution in [1.29, 1.82) is 0 Å². The van der Waals surface area contributed by atoms with Crippen molar-refractivity contribution >= 4 is 0 Å². The summed E-state index contributed by atoms with van der Waals surface area (Å²) in [5.74, 6) is 0. The van der Waals surface area contributed by atoms with Gasteiger partial charge < -0.3 is 4.74 Å². The van der Waals surface area contributed by atoms with Crippen molar-refractivity contribution in [1.82, 2.24) is 0 Å². The van der Waals surface area contributed by atoms with Crippen molar-refractivity contribution in [2.24, 2.45) is 0 Å². The minimum Gasteiger partial charge on any atom is -0.502 e. The first kappa shape index (κ1) is 5.54. The molecule has 0 heterocycles. The summed E-state index contributed by atoms with van der Waals surface area (Å²) in [4.78, 5) is 0. The van der Waals surface area contributed by atoms with Gasteiger partial charge in [-0.15, -0.1) is 0 Å². The van der Waals surface area contributed by atoms with Crippen molar-refractivity contribution in [2.75, 3.05) is 6.61 Å². The molecule has 0 N–H and O–H groups in total. The third-order valence-corrected chi connectivity index (χ3v) is 0.350. The van der Waals surface area contributed by atoms with Gasteiger partial charge in [-0.2, -0.15) is 0 Å². The Bertz CT molecular complexity index is 39.2. The second-order valence-electron chi connectivity index (χ2n) is 0.840. The zero-order valence-corrected chi connectivity index (χ0v) is 3.98. The van der Waals surface area contributed by atoms with E-state index in [0.717, 1.165) is 0 Å². The molecule has 0 aliphatic carbocycles. The first-order chi connectivity index (χ1) is 2.91. The average Bonchev–Trinajstić information content (AvgIpc) is 1.61. The Labute approximate surface area is 38.6 Å². The van der Waals surface area contributed by atoms with E-state index in [1.807, 2.05) is 13.0 Å². The highest BCUT2D eigenvalue weighted by Gasteiger charge is 1.60. The molecule has 1 radical (unpaired) electrons. The Morgan fingerprint density at radius 3 is 2.67 bits per heavy atom. The van der Waals surface area contributed by atoms with Crippen molar-refractivity contribution in [3.63, 3.8) is 0 Å². The summed E-state index contributed by atoms with van der Waals surface area (Å²) in [5.41, 5.74) is 0. The molecule has 0 aromatic rings. The van der Waals surface area contributed by atoms with Crippen LogP contribution in [0.15, 0.2) is 12.3 Å². The Morgan fingerprint density at radius 2 is 2.50 bits per heavy atom. The summed E-state index contributed by atoms with van der Waals surface area (Å²) in [6.45, 7) is 5.87. The highest BCUT2D eigenvalue weighted by atomic mass is 16.5. The largest absolute Gasteiger partial charge is 0.502 e. The van der Waals surface area contributed by atoms with Crippen molar-refractivity contribution in [3.8, 4) is 0 Å². The van der Waals surface area contributed by atoms with Gasteiger partial charge in [0, 0.05) is 0 Å². The fraction of sp³-hybridized carbons (Fsp3) is 0.400. The molecule has 6 heavy (non-hydrogen) atoms. The number of hydrogen-bond acceptors (Lipinski definition) is 1. The van der Waals surface area contributed by atoms with E-state index in [2.05, 4.69) is 6.92 Å². The summed E-state index contributed by atoms with van der Waals surface area (Å²) in [5, 5.41) is 0. The molecule has 0 bridgehead atoms. The Balaban J connectivity index is 2.66. The molecule has 0 saturated heterocycles. The van der Waals surface area contributed by atoms with Crippen LogP contribution >= 0.6 is 0 Å². The van der Waals surface area contributed by atoms with E-state index in [1.165, 1.54) is 0 Å². The molecule has 1 heteroatoms. The van der Waals surface area contributed by atoms with Crippen molar-refractivity contribution in [3.05, 3.63) is 19.3 Å². The van der Waals surface area contributed by atoms with Gasteiger partial charge >= 0.3 is 0 Å². The van der Waals surface area contributed by atoms with Gasteiger partial charge in [-0.25, -0.2) is 0 Å². The molecule has 35 valence electrons. The van der Waals surface area contributed by atoms with Gasteiger partial charge in [-0.05, 0) is 13.8 Å². The van der Waals surface area contributed by atoms with Crippen LogP contribution < -0.4 is 0 Å². The maximum atomic E-state index is 4.69. The van der Waals surface area contributed by atoms with Crippen LogP contribution in [0.3, 0.4) is 0 Å². The summed E-state index contributed by atoms with van der Waals surface area (Å²) in [6, 6.07) is 0. The lowest BCUT2D eigenvalue weighted by molar-refractivity contribution is 0.287. The summed E-state index contributed by atoms with van der Waals surface area (Å²) in [6.07, 6.45) is 3.44. The summed E-state index contributed by atoms with van der Waals surface area (Å²) >= 11 is 0. The first-order valence-electron chi connectivity index (χ1n) is 1.94. The third-order valence-electron chi connectivity index (χ3n) is 0.350. The third kappa shape index (κ3) is 3.54. The number of rotatable bonds is 2. The number of allylic oxidation sites excluding steroid dienone is 1. The van der Waals surface area contributed by atoms with Gasteiger partial charge in [0.2, 0.25) is 0 Å². The zero-order chi connectivity index (χ0) is 4.83. The summed E-state index contributed by atoms with van der Waals surface area (Å²) in [7, 11) is 0. The lowest BCUT2D eigenvalue weighted by Crippen LogP contribution is -1.74. The molecule has 0 rings (SSSR count). The molecule has 0 amide bonds. The molecule has 0 aliphatic heterocycles. The number of ether oxygens (including phenoxy) is 1. The second kappa shape index (κ2) is 4.54. The van der Waals surface area contributed by atoms with E-state index < -0.39 is 0 Å². The predicted octanol–water partition coefficient (Wildman–Crippen LogP) is 1.37. The van der Waals surface area contributed by atoms with E-state index in [-0.39, 0.29) is 0 Å². The van der Waals surface area contributed by atoms with E-state index in [4.69, 9.17) is 4.74 Å². The van der Waals surface area contributed by atoms with Crippen LogP contribution in [0, 0.1) is 6.92 Å². The molecule has 0 aromatic carbocycles. The summed E-state index contributed by atoms with van der Waals surface area (Å²) < 4.78 is 4.69. The van der Waals surface area contributed by atoms with E-state index >= 15 is 0 Å². The van der Waals surface area contributed by atoms with Crippen LogP contribution in [-0.2, 0) is 4.74 Å². The molecular formula is C5H9O. The lowest BCUT2D eigenvalue weighted by atomic mass is 10.7. The van der Waals surface area contributed by atoms with Gasteiger partial charge in [0.25, 0.3) is 0 Å². The standard InChI is InChI=1S/C5H9O/c1-3-5-6-4-2/h3,5H,2,4H2,1H3. The molecular weight excluding hydrogens is 76.1 g/mol. The van der Waals surface area contributed by atoms with Crippen LogP contribution in [0.1, 0.15) is 6.92 Å². The number of hydrogen-bond donors (Lipinski definition) is 0. The highest BCUT2D eigenvalue weighted by Crippen LogP contribution is 1.71. The van der Waals surface area contributed by atoms with Gasteiger partial charge in [-0.1, -0.05) is 6.08 Å². The minimum atomic E-state index is 0.518. The van der Waals surface area contributed by atoms with Crippen LogP contribution in [0.5, 0.6) is 0 Å². The molecule has 1 nitrogen and oxygen atoms in total. The quantitative estimate of drug-likeness (QED) is 0.460. The molecule has 0 aliphatic rings. The molecule has 0 spiro atoms.